The molecule has 4 aromatic rings. The number of carbonyl (C=O) groups excluding carboxylic acids is 3. The highest BCUT2D eigenvalue weighted by Crippen LogP contribution is 2.47. The molecule has 3 fully saturated rings. The molecule has 4 aromatic carbocycles. The van der Waals surface area contributed by atoms with E-state index in [-0.39, 0.29) is 51.6 Å². The Balaban J connectivity index is 1.13. The van der Waals surface area contributed by atoms with E-state index in [0.717, 1.165) is 18.2 Å². The van der Waals surface area contributed by atoms with Crippen LogP contribution >= 0.6 is 0 Å². The molecule has 446 valence electrons. The molecule has 0 spiro atoms. The molecule has 15 atom stereocenters. The van der Waals surface area contributed by atoms with Crippen LogP contribution in [0.4, 0.5) is 0 Å². The highest BCUT2D eigenvalue weighted by atomic mass is 16.8. The Hall–Kier alpha value is -8.26. The molecule has 4 heterocycles. The van der Waals surface area contributed by atoms with Gasteiger partial charge in [-0.2, -0.15) is 0 Å². The maximum absolute atomic E-state index is 13.4. The van der Waals surface area contributed by atoms with Crippen molar-refractivity contribution in [2.75, 3.05) is 34.0 Å². The minimum Gasteiger partial charge on any atom is -0.571 e. The van der Waals surface area contributed by atoms with E-state index >= 15 is 0 Å². The molecule has 8 rings (SSSR count). The molecule has 3 saturated heterocycles. The summed E-state index contributed by atoms with van der Waals surface area (Å²) in [5, 5.41) is 128. The SMILES string of the molecule is COc1cc(C=CC(=O)OCC2OC(OC3=Cc4c(OC5OC(COC(=O)CC(=O)O)C(O)C(O)C5O)cc(O)cc4[OH+]C3c3ccc(O)cc3)C(OC3OCC(O)C(O)C3OC(=O)C=Cc3ccc(O)c(OC)c3)C(O)C2O)ccc1O. The van der Waals surface area contributed by atoms with Gasteiger partial charge in [0.2, 0.25) is 12.6 Å². The fraction of sp³-hybridized carbons (Fsp3) is 0.382. The molecule has 0 bridgehead atoms. The summed E-state index contributed by atoms with van der Waals surface area (Å²) in [5.41, 5.74) is 1.02. The molecule has 15 unspecified atom stereocenters. The smallest absolute Gasteiger partial charge is 0.331 e. The molecule has 0 radical (unpaired) electrons. The summed E-state index contributed by atoms with van der Waals surface area (Å²) < 4.78 is 67.3. The lowest BCUT2D eigenvalue weighted by molar-refractivity contribution is -0.353. The minimum absolute atomic E-state index is 0.0294. The molecule has 0 aromatic heterocycles. The number of aromatic hydroxyl groups is 5. The van der Waals surface area contributed by atoms with Gasteiger partial charge in [-0.3, -0.25) is 9.59 Å². The van der Waals surface area contributed by atoms with Crippen LogP contribution in [0.1, 0.15) is 34.8 Å². The molecule has 0 saturated carbocycles. The van der Waals surface area contributed by atoms with Crippen molar-refractivity contribution in [1.82, 2.24) is 0 Å². The van der Waals surface area contributed by atoms with Crippen molar-refractivity contribution in [3.05, 3.63) is 113 Å². The van der Waals surface area contributed by atoms with Crippen LogP contribution < -0.4 is 14.2 Å². The number of carboxylic acid groups (broad SMARTS) is 1. The highest BCUT2D eigenvalue weighted by molar-refractivity contribution is 5.90. The van der Waals surface area contributed by atoms with Gasteiger partial charge in [0, 0.05) is 24.3 Å². The number of benzene rings is 4. The average molecular weight is 1170 g/mol. The maximum atomic E-state index is 13.4. The van der Waals surface area contributed by atoms with E-state index in [1.54, 1.807) is 0 Å². The summed E-state index contributed by atoms with van der Waals surface area (Å²) in [4.78, 5) is 49.6. The quantitative estimate of drug-likeness (QED) is 0.0180. The number of esters is 3. The van der Waals surface area contributed by atoms with Gasteiger partial charge in [0.25, 0.3) is 11.9 Å². The second kappa shape index (κ2) is 26.8. The number of carboxylic acids is 1. The van der Waals surface area contributed by atoms with Crippen molar-refractivity contribution in [2.45, 2.75) is 98.5 Å². The molecule has 0 aliphatic carbocycles. The van der Waals surface area contributed by atoms with Crippen molar-refractivity contribution in [3.63, 3.8) is 0 Å². The molecular formula is C55H59O28+. The number of rotatable bonds is 20. The minimum atomic E-state index is -2.11. The third-order valence-corrected chi connectivity index (χ3v) is 13.2. The number of hydrogen-bond acceptors (Lipinski definition) is 26. The first-order valence-corrected chi connectivity index (χ1v) is 25.2. The molecule has 13 N–H and O–H groups in total. The van der Waals surface area contributed by atoms with E-state index < -0.39 is 148 Å². The summed E-state index contributed by atoms with van der Waals surface area (Å²) in [7, 11) is 2.64. The van der Waals surface area contributed by atoms with E-state index in [1.165, 1.54) is 99.2 Å². The van der Waals surface area contributed by atoms with Gasteiger partial charge in [0.05, 0.1) is 32.5 Å². The summed E-state index contributed by atoms with van der Waals surface area (Å²) in [6.45, 7) is -2.21. The van der Waals surface area contributed by atoms with Crippen LogP contribution in [0.15, 0.2) is 90.7 Å². The zero-order valence-corrected chi connectivity index (χ0v) is 43.7. The van der Waals surface area contributed by atoms with Gasteiger partial charge in [-0.25, -0.2) is 9.59 Å². The molecule has 0 amide bonds. The standard InChI is InChI=1S/C55H58O28/c1-72-35-15-24(3-11-30(35)58)5-13-41(63)74-22-39-46(68)48(70)52(83-54-51(44(66)32(60)21-76-54)82-42(64)14-6-25-4-12-31(59)36(16-25)73-2)55(81-39)79-37-19-29-33(77-50(37)26-7-9-27(56)10-8-26)17-28(57)18-34(29)78-53-49(71)47(69)45(67)38(80-53)23-75-43(65)20-40(61)62/h3-19,32,38-39,44-60,66-71H,20-23H2,1-2H3,(H,61,62)/p+1. The number of ether oxygens (including phenoxy) is 12. The van der Waals surface area contributed by atoms with Gasteiger partial charge in [-0.05, 0) is 71.8 Å². The zero-order chi connectivity index (χ0) is 59.8. The Bertz CT molecular complexity index is 3050. The fourth-order valence-corrected chi connectivity index (χ4v) is 8.88. The molecular weight excluding hydrogens is 1110 g/mol. The van der Waals surface area contributed by atoms with Gasteiger partial charge < -0.3 is 118 Å². The number of aliphatic carboxylic acids is 1. The summed E-state index contributed by atoms with van der Waals surface area (Å²) in [6, 6.07) is 16.1. The number of methoxy groups -OCH3 is 2. The highest BCUT2D eigenvalue weighted by Gasteiger charge is 2.53. The monoisotopic (exact) mass is 1170 g/mol. The van der Waals surface area contributed by atoms with Crippen LogP contribution in [0, 0.1) is 0 Å². The van der Waals surface area contributed by atoms with Crippen molar-refractivity contribution in [3.8, 4) is 46.0 Å². The third kappa shape index (κ3) is 14.7. The molecule has 83 heavy (non-hydrogen) atoms. The number of hydrogen-bond donors (Lipinski definition) is 12. The third-order valence-electron chi connectivity index (χ3n) is 13.2. The largest absolute Gasteiger partial charge is 0.571 e. The van der Waals surface area contributed by atoms with E-state index in [0.29, 0.717) is 16.7 Å². The van der Waals surface area contributed by atoms with Gasteiger partial charge in [0.1, 0.15) is 97.4 Å². The lowest BCUT2D eigenvalue weighted by Crippen LogP contribution is -2.63. The van der Waals surface area contributed by atoms with Gasteiger partial charge in [-0.1, -0.05) is 12.1 Å². The Kier molecular flexibility index (Phi) is 19.6. The number of aliphatic hydroxyl groups excluding tert-OH is 7. The number of aliphatic hydroxyl groups is 8. The van der Waals surface area contributed by atoms with Crippen molar-refractivity contribution in [2.24, 2.45) is 0 Å². The Morgan fingerprint density at radius 3 is 1.84 bits per heavy atom. The van der Waals surface area contributed by atoms with Crippen LogP contribution in [0.5, 0.6) is 46.0 Å². The van der Waals surface area contributed by atoms with Gasteiger partial charge in [-0.15, -0.1) is 0 Å². The van der Waals surface area contributed by atoms with E-state index in [4.69, 9.17) is 61.9 Å². The van der Waals surface area contributed by atoms with E-state index in [9.17, 15) is 75.3 Å². The normalized spacial score (nSPS) is 28.7. The van der Waals surface area contributed by atoms with Crippen molar-refractivity contribution in [1.29, 1.82) is 0 Å². The topological polar surface area (TPSA) is 425 Å². The summed E-state index contributed by atoms with van der Waals surface area (Å²) >= 11 is 0. The van der Waals surface area contributed by atoms with Crippen LogP contribution in [0.3, 0.4) is 0 Å². The summed E-state index contributed by atoms with van der Waals surface area (Å²) in [5.74, 6) is -6.22. The number of carbonyl (C=O) groups is 4. The predicted molar refractivity (Wildman–Crippen MR) is 276 cm³/mol. The van der Waals surface area contributed by atoms with Crippen molar-refractivity contribution >= 4 is 42.1 Å². The Morgan fingerprint density at radius 2 is 1.22 bits per heavy atom. The maximum Gasteiger partial charge on any atom is 0.331 e. The van der Waals surface area contributed by atoms with Gasteiger partial charge in [0.15, 0.2) is 47.3 Å². The summed E-state index contributed by atoms with van der Waals surface area (Å²) in [6.07, 6.45) is -22.9. The lowest BCUT2D eigenvalue weighted by atomic mass is 9.97. The van der Waals surface area contributed by atoms with Crippen molar-refractivity contribution < 1.29 is 137 Å². The first-order chi connectivity index (χ1) is 39.6. The van der Waals surface area contributed by atoms with Gasteiger partial charge >= 0.3 is 23.9 Å². The van der Waals surface area contributed by atoms with Crippen LogP contribution in [-0.4, -0.2) is 210 Å². The molecule has 4 aliphatic rings. The first-order valence-electron chi connectivity index (χ1n) is 25.2. The number of phenols is 4. The fourth-order valence-electron chi connectivity index (χ4n) is 8.88. The van der Waals surface area contributed by atoms with E-state index in [1.807, 2.05) is 0 Å². The second-order valence-corrected chi connectivity index (χ2v) is 19.0. The Morgan fingerprint density at radius 1 is 0.614 bits per heavy atom. The molecule has 4 aliphatic heterocycles. The lowest BCUT2D eigenvalue weighted by Gasteiger charge is -2.45. The predicted octanol–water partition coefficient (Wildman–Crippen LogP) is -0.124. The molecule has 28 nitrogen and oxygen atoms in total. The van der Waals surface area contributed by atoms with Crippen LogP contribution in [0.2, 0.25) is 0 Å². The first kappa shape index (κ1) is 60.8. The number of fused-ring (bicyclic) bond motifs is 1. The van der Waals surface area contributed by atoms with Crippen LogP contribution in [0.25, 0.3) is 18.2 Å². The Labute approximate surface area is 469 Å². The molecule has 28 heteroatoms. The zero-order valence-electron chi connectivity index (χ0n) is 43.7. The van der Waals surface area contributed by atoms with E-state index in [2.05, 4.69) is 0 Å². The van der Waals surface area contributed by atoms with Crippen LogP contribution in [-0.2, 0) is 57.1 Å². The second-order valence-electron chi connectivity index (χ2n) is 19.0. The average Bonchev–Trinajstić information content (AvgIpc) is 3.64. The number of phenolic OH excluding ortho intramolecular Hbond substituents is 4.